The van der Waals surface area contributed by atoms with Crippen LogP contribution < -0.4 is 4.13 Å². The van der Waals surface area contributed by atoms with E-state index in [1.54, 1.807) is 6.26 Å². The molecule has 5 heteroatoms. The monoisotopic (exact) mass is 127 g/mol. The first kappa shape index (κ1) is 6.42. The molecule has 0 rings (SSSR count). The summed E-state index contributed by atoms with van der Waals surface area (Å²) in [6.45, 7) is 0. The van der Waals surface area contributed by atoms with Crippen LogP contribution in [0.3, 0.4) is 0 Å². The molecule has 0 aliphatic rings. The van der Waals surface area contributed by atoms with Crippen LogP contribution in [0.15, 0.2) is 0 Å². The maximum absolute atomic E-state index is 9.58. The van der Waals surface area contributed by atoms with Gasteiger partial charge in [0.2, 0.25) is 11.3 Å². The smallest absolute Gasteiger partial charge is 0.241 e. The predicted molar refractivity (Wildman–Crippen MR) is 27.4 cm³/mol. The second kappa shape index (κ2) is 3.60. The fraction of sp³-hybridized carbons (Fsp3) is 1.00. The van der Waals surface area contributed by atoms with E-state index in [-0.39, 0.29) is 0 Å². The topological polar surface area (TPSA) is 49.3 Å². The van der Waals surface area contributed by atoms with Crippen molar-refractivity contribution < 1.29 is 8.76 Å². The summed E-state index contributed by atoms with van der Waals surface area (Å²) < 4.78 is 19.6. The lowest BCUT2D eigenvalue weighted by Crippen LogP contribution is -2.03. The van der Waals surface area contributed by atoms with Gasteiger partial charge in [0.15, 0.2) is 0 Å². The van der Waals surface area contributed by atoms with Crippen molar-refractivity contribution in [3.8, 4) is 0 Å². The van der Waals surface area contributed by atoms with Crippen molar-refractivity contribution >= 4 is 23.2 Å². The average molecular weight is 127 g/mol. The van der Waals surface area contributed by atoms with Crippen molar-refractivity contribution in [2.24, 2.45) is 0 Å². The van der Waals surface area contributed by atoms with E-state index >= 15 is 0 Å². The van der Waals surface area contributed by atoms with E-state index in [4.69, 9.17) is 4.55 Å². The van der Waals surface area contributed by atoms with E-state index in [9.17, 15) is 4.21 Å². The van der Waals surface area contributed by atoms with E-state index < -0.39 is 11.3 Å². The SMILES string of the molecule is CSNS(=O)O. The molecule has 1 unspecified atom stereocenters. The number of hydrogen-bond donors (Lipinski definition) is 2. The van der Waals surface area contributed by atoms with Crippen LogP contribution in [0, 0.1) is 0 Å². The molecule has 0 heterocycles. The minimum Gasteiger partial charge on any atom is -0.293 e. The first-order valence-electron chi connectivity index (χ1n) is 1.17. The highest BCUT2D eigenvalue weighted by Crippen LogP contribution is 1.79. The Bertz CT molecular complexity index is 55.5. The normalized spacial score (nSPS) is 14.3. The Morgan fingerprint density at radius 3 is 2.50 bits per heavy atom. The van der Waals surface area contributed by atoms with Gasteiger partial charge in [-0.3, -0.25) is 4.55 Å². The fourth-order valence-electron chi connectivity index (χ4n) is 0.0713. The molecule has 0 aromatic heterocycles. The standard InChI is InChI=1S/CH5NO2S2/c1-5-2-6(3)4/h2H,1H3,(H,3,4). The quantitative estimate of drug-likeness (QED) is 0.405. The molecule has 6 heavy (non-hydrogen) atoms. The molecule has 0 bridgehead atoms. The van der Waals surface area contributed by atoms with Gasteiger partial charge in [0.1, 0.15) is 0 Å². The summed E-state index contributed by atoms with van der Waals surface area (Å²) in [5.74, 6) is 0. The highest BCUT2D eigenvalue weighted by Gasteiger charge is 1.80. The van der Waals surface area contributed by atoms with Crippen LogP contribution in [0.5, 0.6) is 0 Å². The van der Waals surface area contributed by atoms with Gasteiger partial charge in [-0.25, -0.2) is 4.21 Å². The zero-order valence-electron chi connectivity index (χ0n) is 3.17. The summed E-state index contributed by atoms with van der Waals surface area (Å²) in [6, 6.07) is 0. The second-order valence-electron chi connectivity index (χ2n) is 0.537. The maximum atomic E-state index is 9.58. The molecule has 0 saturated heterocycles. The van der Waals surface area contributed by atoms with E-state index in [1.807, 2.05) is 0 Å². The van der Waals surface area contributed by atoms with Crippen LogP contribution in [0.4, 0.5) is 0 Å². The minimum absolute atomic E-state index is 1.11. The first-order valence-corrected chi connectivity index (χ1v) is 3.50. The van der Waals surface area contributed by atoms with Crippen molar-refractivity contribution in [1.82, 2.24) is 4.13 Å². The van der Waals surface area contributed by atoms with Crippen LogP contribution in [0.2, 0.25) is 0 Å². The molecule has 0 aromatic rings. The van der Waals surface area contributed by atoms with Gasteiger partial charge < -0.3 is 0 Å². The van der Waals surface area contributed by atoms with Crippen molar-refractivity contribution in [1.29, 1.82) is 0 Å². The summed E-state index contributed by atoms with van der Waals surface area (Å²) in [6.07, 6.45) is 1.67. The van der Waals surface area contributed by atoms with Crippen LogP contribution >= 0.6 is 11.9 Å². The molecule has 3 nitrogen and oxygen atoms in total. The Balaban J connectivity index is 2.83. The Hall–Kier alpha value is 0.420. The van der Waals surface area contributed by atoms with Gasteiger partial charge in [0, 0.05) is 0 Å². The van der Waals surface area contributed by atoms with Gasteiger partial charge in [0.05, 0.1) is 0 Å². The van der Waals surface area contributed by atoms with E-state index in [0.29, 0.717) is 0 Å². The van der Waals surface area contributed by atoms with E-state index in [1.165, 1.54) is 0 Å². The number of hydrogen-bond acceptors (Lipinski definition) is 2. The third kappa shape index (κ3) is 4.42. The fourth-order valence-corrected chi connectivity index (χ4v) is 0.642. The summed E-state index contributed by atoms with van der Waals surface area (Å²) >= 11 is -0.743. The molecule has 0 aliphatic carbocycles. The van der Waals surface area contributed by atoms with Gasteiger partial charge >= 0.3 is 0 Å². The molecule has 0 aliphatic heterocycles. The molecule has 0 saturated carbocycles. The van der Waals surface area contributed by atoms with Crippen LogP contribution in [-0.2, 0) is 11.3 Å². The van der Waals surface area contributed by atoms with Crippen molar-refractivity contribution in [3.05, 3.63) is 0 Å². The lowest BCUT2D eigenvalue weighted by molar-refractivity contribution is 0.562. The maximum Gasteiger partial charge on any atom is 0.241 e. The molecular weight excluding hydrogens is 122 g/mol. The van der Waals surface area contributed by atoms with Gasteiger partial charge in [0.25, 0.3) is 0 Å². The molecule has 0 radical (unpaired) electrons. The van der Waals surface area contributed by atoms with Gasteiger partial charge in [-0.15, -0.1) is 0 Å². The van der Waals surface area contributed by atoms with Crippen molar-refractivity contribution in [3.63, 3.8) is 0 Å². The average Bonchev–Trinajstić information content (AvgIpc) is 1.35. The van der Waals surface area contributed by atoms with Crippen molar-refractivity contribution in [2.75, 3.05) is 6.26 Å². The van der Waals surface area contributed by atoms with E-state index in [0.717, 1.165) is 11.9 Å². The van der Waals surface area contributed by atoms with Crippen molar-refractivity contribution in [2.45, 2.75) is 0 Å². The number of rotatable bonds is 2. The molecule has 38 valence electrons. The molecule has 0 spiro atoms. The second-order valence-corrected chi connectivity index (χ2v) is 2.11. The summed E-state index contributed by atoms with van der Waals surface area (Å²) in [7, 11) is 0. The summed E-state index contributed by atoms with van der Waals surface area (Å²) in [5.41, 5.74) is 0. The zero-order chi connectivity index (χ0) is 4.99. The number of nitrogens with one attached hydrogen (secondary N) is 1. The highest BCUT2D eigenvalue weighted by atomic mass is 32.3. The Morgan fingerprint density at radius 1 is 2.00 bits per heavy atom. The summed E-state index contributed by atoms with van der Waals surface area (Å²) in [4.78, 5) is 0. The predicted octanol–water partition coefficient (Wildman–Crippen LogP) is -0.00930. The minimum atomic E-state index is -1.85. The molecule has 1 atom stereocenters. The van der Waals surface area contributed by atoms with Crippen LogP contribution in [0.1, 0.15) is 0 Å². The summed E-state index contributed by atoms with van der Waals surface area (Å²) in [5, 5.41) is 0. The largest absolute Gasteiger partial charge is 0.293 e. The lowest BCUT2D eigenvalue weighted by atomic mass is 12.0. The third-order valence-electron chi connectivity index (χ3n) is 0.155. The van der Waals surface area contributed by atoms with E-state index in [2.05, 4.69) is 4.13 Å². The molecule has 0 amide bonds. The Morgan fingerprint density at radius 2 is 2.50 bits per heavy atom. The van der Waals surface area contributed by atoms with Gasteiger partial charge in [-0.05, 0) is 6.26 Å². The molecular formula is CH5NO2S2. The van der Waals surface area contributed by atoms with Crippen LogP contribution in [0.25, 0.3) is 0 Å². The molecule has 0 fully saturated rings. The molecule has 0 aromatic carbocycles. The van der Waals surface area contributed by atoms with Crippen LogP contribution in [-0.4, -0.2) is 15.0 Å². The Labute approximate surface area is 43.1 Å². The highest BCUT2D eigenvalue weighted by molar-refractivity contribution is 8.05. The Kier molecular flexibility index (Phi) is 3.86. The van der Waals surface area contributed by atoms with Gasteiger partial charge in [-0.2, -0.15) is 4.13 Å². The molecule has 2 N–H and O–H groups in total. The zero-order valence-corrected chi connectivity index (χ0v) is 4.80. The van der Waals surface area contributed by atoms with Gasteiger partial charge in [-0.1, -0.05) is 11.9 Å². The first-order chi connectivity index (χ1) is 2.77. The third-order valence-corrected chi connectivity index (χ3v) is 1.39. The lowest BCUT2D eigenvalue weighted by Gasteiger charge is -1.85.